The fraction of sp³-hybridized carbons (Fsp3) is 0.353. The average Bonchev–Trinajstić information content (AvgIpc) is 2.57. The summed E-state index contributed by atoms with van der Waals surface area (Å²) in [4.78, 5) is 32.3. The molecule has 1 N–H and O–H groups in total. The van der Waals surface area contributed by atoms with Gasteiger partial charge in [0.25, 0.3) is 5.56 Å². The SMILES string of the molecule is CN1CCN(C)[C@@H](c2ccc(Nc3nccn(C)c3=O)cc2)C1=O. The van der Waals surface area contributed by atoms with Gasteiger partial charge in [0.1, 0.15) is 6.04 Å². The first-order valence-corrected chi connectivity index (χ1v) is 7.81. The molecule has 0 spiro atoms. The number of piperazine rings is 1. The maximum atomic E-state index is 12.4. The maximum Gasteiger partial charge on any atom is 0.293 e. The summed E-state index contributed by atoms with van der Waals surface area (Å²) < 4.78 is 1.47. The standard InChI is InChI=1S/C17H21N5O2/c1-20-10-11-22(3)16(23)14(20)12-4-6-13(7-5-12)19-15-17(24)21(2)9-8-18-15/h4-9,14H,10-11H2,1-3H3,(H,18,19)/t14-/m0/s1. The summed E-state index contributed by atoms with van der Waals surface area (Å²) in [5.41, 5.74) is 1.51. The Labute approximate surface area is 140 Å². The van der Waals surface area contributed by atoms with Gasteiger partial charge in [-0.2, -0.15) is 0 Å². The highest BCUT2D eigenvalue weighted by Crippen LogP contribution is 2.26. The lowest BCUT2D eigenvalue weighted by Crippen LogP contribution is -2.48. The van der Waals surface area contributed by atoms with Gasteiger partial charge in [0.2, 0.25) is 5.91 Å². The zero-order valence-corrected chi connectivity index (χ0v) is 14.1. The van der Waals surface area contributed by atoms with Crippen LogP contribution >= 0.6 is 0 Å². The summed E-state index contributed by atoms with van der Waals surface area (Å²) in [6, 6.07) is 7.28. The largest absolute Gasteiger partial charge is 0.343 e. The Morgan fingerprint density at radius 1 is 1.08 bits per heavy atom. The highest BCUT2D eigenvalue weighted by molar-refractivity contribution is 5.84. The molecule has 1 fully saturated rings. The van der Waals surface area contributed by atoms with E-state index in [1.165, 1.54) is 4.57 Å². The average molecular weight is 327 g/mol. The summed E-state index contributed by atoms with van der Waals surface area (Å²) >= 11 is 0. The van der Waals surface area contributed by atoms with E-state index < -0.39 is 0 Å². The monoisotopic (exact) mass is 327 g/mol. The van der Waals surface area contributed by atoms with Crippen molar-refractivity contribution in [3.8, 4) is 0 Å². The van der Waals surface area contributed by atoms with Gasteiger partial charge in [0.05, 0.1) is 0 Å². The lowest BCUT2D eigenvalue weighted by atomic mass is 10.0. The van der Waals surface area contributed by atoms with Crippen LogP contribution in [-0.4, -0.2) is 52.4 Å². The number of hydrogen-bond acceptors (Lipinski definition) is 5. The zero-order chi connectivity index (χ0) is 17.3. The van der Waals surface area contributed by atoms with Crippen LogP contribution in [0.25, 0.3) is 0 Å². The Morgan fingerprint density at radius 2 is 1.79 bits per heavy atom. The molecule has 0 radical (unpaired) electrons. The van der Waals surface area contributed by atoms with Gasteiger partial charge in [0.15, 0.2) is 5.82 Å². The Hall–Kier alpha value is -2.67. The molecule has 2 heterocycles. The molecular weight excluding hydrogens is 306 g/mol. The predicted octanol–water partition coefficient (Wildman–Crippen LogP) is 0.969. The van der Waals surface area contributed by atoms with E-state index in [-0.39, 0.29) is 23.3 Å². The molecule has 1 amide bonds. The lowest BCUT2D eigenvalue weighted by molar-refractivity contribution is -0.139. The van der Waals surface area contributed by atoms with Crippen LogP contribution in [0.5, 0.6) is 0 Å². The Kier molecular flexibility index (Phi) is 4.35. The van der Waals surface area contributed by atoms with Gasteiger partial charge in [-0.3, -0.25) is 14.5 Å². The fourth-order valence-electron chi connectivity index (χ4n) is 2.81. The molecule has 0 saturated carbocycles. The Morgan fingerprint density at radius 3 is 2.50 bits per heavy atom. The first-order chi connectivity index (χ1) is 11.5. The second-order valence-electron chi connectivity index (χ2n) is 6.08. The molecule has 7 nitrogen and oxygen atoms in total. The highest BCUT2D eigenvalue weighted by Gasteiger charge is 2.31. The number of hydrogen-bond donors (Lipinski definition) is 1. The summed E-state index contributed by atoms with van der Waals surface area (Å²) in [6.45, 7) is 1.59. The minimum absolute atomic E-state index is 0.100. The van der Waals surface area contributed by atoms with Crippen LogP contribution < -0.4 is 10.9 Å². The number of aromatic nitrogens is 2. The van der Waals surface area contributed by atoms with Crippen LogP contribution in [-0.2, 0) is 11.8 Å². The first-order valence-electron chi connectivity index (χ1n) is 7.81. The Bertz CT molecular complexity index is 799. The molecular formula is C17H21N5O2. The number of carbonyl (C=O) groups excluding carboxylic acids is 1. The number of likely N-dealkylation sites (N-methyl/N-ethyl adjacent to an activating group) is 2. The van der Waals surface area contributed by atoms with E-state index in [0.717, 1.165) is 24.3 Å². The van der Waals surface area contributed by atoms with Crippen molar-refractivity contribution in [1.29, 1.82) is 0 Å². The summed E-state index contributed by atoms with van der Waals surface area (Å²) in [7, 11) is 5.47. The topological polar surface area (TPSA) is 70.5 Å². The molecule has 1 aromatic carbocycles. The number of aryl methyl sites for hydroxylation is 1. The third-order valence-electron chi connectivity index (χ3n) is 4.35. The van der Waals surface area contributed by atoms with Crippen molar-refractivity contribution >= 4 is 17.4 Å². The van der Waals surface area contributed by atoms with Gasteiger partial charge in [-0.25, -0.2) is 4.98 Å². The maximum absolute atomic E-state index is 12.4. The molecule has 1 atom stereocenters. The van der Waals surface area contributed by atoms with E-state index in [9.17, 15) is 9.59 Å². The highest BCUT2D eigenvalue weighted by atomic mass is 16.2. The third kappa shape index (κ3) is 3.03. The molecule has 1 saturated heterocycles. The molecule has 24 heavy (non-hydrogen) atoms. The van der Waals surface area contributed by atoms with Crippen LogP contribution in [0.4, 0.5) is 11.5 Å². The van der Waals surface area contributed by atoms with Crippen molar-refractivity contribution in [3.63, 3.8) is 0 Å². The van der Waals surface area contributed by atoms with E-state index in [4.69, 9.17) is 0 Å². The minimum atomic E-state index is -0.263. The number of carbonyl (C=O) groups is 1. The van der Waals surface area contributed by atoms with Gasteiger partial charge >= 0.3 is 0 Å². The third-order valence-corrected chi connectivity index (χ3v) is 4.35. The Balaban J connectivity index is 1.82. The van der Waals surface area contributed by atoms with E-state index in [0.29, 0.717) is 0 Å². The number of rotatable bonds is 3. The summed E-state index contributed by atoms with van der Waals surface area (Å²) in [5.74, 6) is 0.376. The number of nitrogens with one attached hydrogen (secondary N) is 1. The smallest absolute Gasteiger partial charge is 0.293 e. The van der Waals surface area contributed by atoms with Crippen molar-refractivity contribution in [1.82, 2.24) is 19.4 Å². The van der Waals surface area contributed by atoms with Crippen molar-refractivity contribution < 1.29 is 4.79 Å². The van der Waals surface area contributed by atoms with E-state index >= 15 is 0 Å². The molecule has 7 heteroatoms. The van der Waals surface area contributed by atoms with Gasteiger partial charge in [0, 0.05) is 45.3 Å². The molecule has 0 unspecified atom stereocenters. The number of amides is 1. The van der Waals surface area contributed by atoms with Crippen LogP contribution in [0.3, 0.4) is 0 Å². The van der Waals surface area contributed by atoms with E-state index in [1.807, 2.05) is 38.4 Å². The summed E-state index contributed by atoms with van der Waals surface area (Å²) in [5, 5.41) is 3.02. The van der Waals surface area contributed by atoms with Gasteiger partial charge < -0.3 is 14.8 Å². The first kappa shape index (κ1) is 16.2. The minimum Gasteiger partial charge on any atom is -0.343 e. The lowest BCUT2D eigenvalue weighted by Gasteiger charge is -2.37. The van der Waals surface area contributed by atoms with Crippen LogP contribution in [0, 0.1) is 0 Å². The number of nitrogens with zero attached hydrogens (tertiary/aromatic N) is 4. The van der Waals surface area contributed by atoms with Crippen LogP contribution in [0.1, 0.15) is 11.6 Å². The van der Waals surface area contributed by atoms with Crippen molar-refractivity contribution in [2.45, 2.75) is 6.04 Å². The number of anilines is 2. The van der Waals surface area contributed by atoms with E-state index in [1.54, 1.807) is 24.3 Å². The number of benzene rings is 1. The molecule has 1 aliphatic heterocycles. The van der Waals surface area contributed by atoms with E-state index in [2.05, 4.69) is 15.2 Å². The van der Waals surface area contributed by atoms with Crippen molar-refractivity contribution in [2.24, 2.45) is 7.05 Å². The fourth-order valence-corrected chi connectivity index (χ4v) is 2.81. The van der Waals surface area contributed by atoms with Crippen LogP contribution in [0.15, 0.2) is 41.5 Å². The quantitative estimate of drug-likeness (QED) is 0.910. The molecule has 126 valence electrons. The van der Waals surface area contributed by atoms with Gasteiger partial charge in [-0.15, -0.1) is 0 Å². The van der Waals surface area contributed by atoms with Crippen molar-refractivity contribution in [2.75, 3.05) is 32.5 Å². The molecule has 1 aliphatic rings. The molecule has 2 aromatic rings. The zero-order valence-electron chi connectivity index (χ0n) is 14.1. The van der Waals surface area contributed by atoms with Crippen molar-refractivity contribution in [3.05, 3.63) is 52.6 Å². The molecule has 0 bridgehead atoms. The predicted molar refractivity (Wildman–Crippen MR) is 92.2 cm³/mol. The summed E-state index contributed by atoms with van der Waals surface area (Å²) in [6.07, 6.45) is 3.18. The molecule has 3 rings (SSSR count). The second-order valence-corrected chi connectivity index (χ2v) is 6.08. The molecule has 0 aliphatic carbocycles. The molecule has 1 aromatic heterocycles. The normalized spacial score (nSPS) is 18.7. The second kappa shape index (κ2) is 6.45. The van der Waals surface area contributed by atoms with Gasteiger partial charge in [-0.05, 0) is 24.7 Å². The van der Waals surface area contributed by atoms with Crippen LogP contribution in [0.2, 0.25) is 0 Å². The van der Waals surface area contributed by atoms with Gasteiger partial charge in [-0.1, -0.05) is 12.1 Å².